The van der Waals surface area contributed by atoms with Crippen molar-refractivity contribution >= 4 is 78.9 Å². The van der Waals surface area contributed by atoms with E-state index in [-0.39, 0.29) is 21.7 Å². The molecule has 11 aromatic carbocycles. The molecule has 0 amide bonds. The molecule has 0 saturated carbocycles. The Hall–Kier alpha value is -9.58. The molecule has 0 radical (unpaired) electrons. The van der Waals surface area contributed by atoms with Crippen LogP contribution in [0.3, 0.4) is 0 Å². The summed E-state index contributed by atoms with van der Waals surface area (Å²) in [5.74, 6) is 0. The average Bonchev–Trinajstić information content (AvgIpc) is 1.59. The molecule has 11 aromatic rings. The Bertz CT molecular complexity index is 4540. The van der Waals surface area contributed by atoms with Crippen LogP contribution in [0.15, 0.2) is 303 Å². The second-order valence-corrected chi connectivity index (χ2v) is 28.3. The third kappa shape index (κ3) is 10.7. The van der Waals surface area contributed by atoms with Crippen LogP contribution in [0.4, 0.5) is 22.7 Å². The van der Waals surface area contributed by atoms with E-state index in [9.17, 15) is 0 Å². The van der Waals surface area contributed by atoms with Crippen molar-refractivity contribution in [3.8, 4) is 0 Å². The van der Waals surface area contributed by atoms with Gasteiger partial charge in [0.05, 0.1) is 10.8 Å². The standard InChI is InChI=1S/C88H78Cl2N4/c1-85(2)79(37-23-39-81-87(55-61-25-11-7-12-26-61,56-62-27-13-8-14-28-62)73-53-69(89)47-51-75(73)91(81)5)93(77-49-45-67-33-19-21-35-71(67)83(77)85)59-65-41-43-66(44-42-65)60-94-78-50-46-68-34-20-22-36-72(68)84(78)86(3,4)80(94)38-24-40-82-88(57-63-29-15-9-16-30-63,58-64-31-17-10-18-32-64)74-54-70(90)48-52-76(74)92(82)6/h7-54H,55-60H2,1-6H3/q+2. The number of fused-ring (bicyclic) bond motifs is 8. The highest BCUT2D eigenvalue weighted by atomic mass is 35.5. The van der Waals surface area contributed by atoms with Gasteiger partial charge in [0.1, 0.15) is 0 Å². The van der Waals surface area contributed by atoms with Crippen LogP contribution in [-0.4, -0.2) is 34.7 Å². The first-order valence-electron chi connectivity index (χ1n) is 33.1. The van der Waals surface area contributed by atoms with E-state index in [1.807, 2.05) is 12.1 Å². The summed E-state index contributed by atoms with van der Waals surface area (Å²) in [6.45, 7) is 11.1. The van der Waals surface area contributed by atoms with Crippen molar-refractivity contribution in [1.82, 2.24) is 0 Å². The molecule has 0 aromatic heterocycles. The summed E-state index contributed by atoms with van der Waals surface area (Å²) < 4.78 is 5.16. The highest BCUT2D eigenvalue weighted by Gasteiger charge is 2.50. The van der Waals surface area contributed by atoms with Gasteiger partial charge in [0.15, 0.2) is 24.5 Å². The molecule has 0 saturated heterocycles. The maximum absolute atomic E-state index is 6.97. The molecule has 4 heterocycles. The molecule has 94 heavy (non-hydrogen) atoms. The van der Waals surface area contributed by atoms with Gasteiger partial charge in [-0.05, 0) is 169 Å². The van der Waals surface area contributed by atoms with Crippen molar-refractivity contribution in [3.63, 3.8) is 0 Å². The molecule has 4 aliphatic rings. The number of halogens is 2. The van der Waals surface area contributed by atoms with Gasteiger partial charge >= 0.3 is 0 Å². The quantitative estimate of drug-likeness (QED) is 0.0894. The van der Waals surface area contributed by atoms with Crippen molar-refractivity contribution in [2.75, 3.05) is 23.9 Å². The maximum atomic E-state index is 6.97. The Kier molecular flexibility index (Phi) is 15.7. The number of hydrogen-bond acceptors (Lipinski definition) is 2. The van der Waals surface area contributed by atoms with Crippen LogP contribution < -0.4 is 9.80 Å². The van der Waals surface area contributed by atoms with E-state index in [1.54, 1.807) is 0 Å². The monoisotopic (exact) mass is 1260 g/mol. The molecule has 4 nitrogen and oxygen atoms in total. The zero-order valence-corrected chi connectivity index (χ0v) is 56.0. The van der Waals surface area contributed by atoms with Crippen molar-refractivity contribution in [2.24, 2.45) is 0 Å². The van der Waals surface area contributed by atoms with Gasteiger partial charge in [-0.2, -0.15) is 9.15 Å². The summed E-state index contributed by atoms with van der Waals surface area (Å²) in [6, 6.07) is 93.3. The Morgan fingerprint density at radius 2 is 0.691 bits per heavy atom. The van der Waals surface area contributed by atoms with E-state index in [4.69, 9.17) is 23.2 Å². The first-order valence-corrected chi connectivity index (χ1v) is 33.9. The normalized spacial score (nSPS) is 17.4. The first kappa shape index (κ1) is 60.6. The number of allylic oxidation sites excluding steroid dienone is 8. The van der Waals surface area contributed by atoms with Crippen molar-refractivity contribution in [3.05, 3.63) is 368 Å². The second-order valence-electron chi connectivity index (χ2n) is 27.4. The Labute approximate surface area is 564 Å². The highest BCUT2D eigenvalue weighted by Crippen LogP contribution is 2.55. The summed E-state index contributed by atoms with van der Waals surface area (Å²) in [4.78, 5) is 4.81. The number of anilines is 2. The predicted octanol–water partition coefficient (Wildman–Crippen LogP) is 21.1. The van der Waals surface area contributed by atoms with Gasteiger partial charge in [0.2, 0.25) is 11.4 Å². The lowest BCUT2D eigenvalue weighted by molar-refractivity contribution is -0.455. The largest absolute Gasteiger partial charge is 0.347 e. The minimum Gasteiger partial charge on any atom is -0.347 e. The molecular weight excluding hydrogens is 1180 g/mol. The fraction of sp³-hybridized carbons (Fsp3) is 0.182. The molecule has 0 fully saturated rings. The molecule has 0 N–H and O–H groups in total. The van der Waals surface area contributed by atoms with Gasteiger partial charge in [0, 0.05) is 104 Å². The zero-order chi connectivity index (χ0) is 64.3. The van der Waals surface area contributed by atoms with Crippen LogP contribution in [0.5, 0.6) is 0 Å². The molecule has 0 unspecified atom stereocenters. The van der Waals surface area contributed by atoms with Gasteiger partial charge in [0.25, 0.3) is 0 Å². The molecule has 462 valence electrons. The number of benzene rings is 11. The van der Waals surface area contributed by atoms with E-state index >= 15 is 0 Å². The van der Waals surface area contributed by atoms with Crippen molar-refractivity contribution < 1.29 is 9.15 Å². The Balaban J connectivity index is 0.811. The highest BCUT2D eigenvalue weighted by molar-refractivity contribution is 6.31. The van der Waals surface area contributed by atoms with E-state index < -0.39 is 0 Å². The van der Waals surface area contributed by atoms with Crippen LogP contribution in [0, 0.1) is 0 Å². The Morgan fingerprint density at radius 1 is 0.362 bits per heavy atom. The van der Waals surface area contributed by atoms with Gasteiger partial charge < -0.3 is 9.80 Å². The fourth-order valence-electron chi connectivity index (χ4n) is 16.7. The number of rotatable bonds is 16. The lowest BCUT2D eigenvalue weighted by Crippen LogP contribution is -2.34. The number of likely N-dealkylation sites (N-methyl/N-ethyl adjacent to an activating group) is 2. The third-order valence-corrected chi connectivity index (χ3v) is 21.5. The van der Waals surface area contributed by atoms with Crippen LogP contribution in [0.25, 0.3) is 21.5 Å². The van der Waals surface area contributed by atoms with Gasteiger partial charge in [-0.15, -0.1) is 0 Å². The minimum absolute atomic E-state index is 0.319. The summed E-state index contributed by atoms with van der Waals surface area (Å²) in [5, 5.41) is 6.60. The SMILES string of the molecule is CN1/C(=C/C=C/C2=[N+](Cc3ccc(C[N+]4=C(/C=C/C=C5/N(C)c6ccc(Cl)cc6C5(Cc5ccccc5)Cc5ccccc5)C(C)(C)c5c4ccc4ccccc54)cc3)c3ccc4ccccc4c3C2(C)C)C(Cc2ccccc2)(Cc2ccccc2)c2cc(Cl)ccc21. The van der Waals surface area contributed by atoms with Crippen LogP contribution in [-0.2, 0) is 60.4 Å². The van der Waals surface area contributed by atoms with Crippen molar-refractivity contribution in [2.45, 2.75) is 88.1 Å². The summed E-state index contributed by atoms with van der Waals surface area (Å²) in [5.41, 5.74) is 21.4. The van der Waals surface area contributed by atoms with E-state index in [0.29, 0.717) is 13.1 Å². The smallest absolute Gasteiger partial charge is 0.210 e. The molecule has 15 rings (SSSR count). The summed E-state index contributed by atoms with van der Waals surface area (Å²) in [6.07, 6.45) is 17.5. The van der Waals surface area contributed by atoms with E-state index in [0.717, 1.165) is 35.7 Å². The lowest BCUT2D eigenvalue weighted by atomic mass is 9.70. The molecule has 0 bridgehead atoms. The van der Waals surface area contributed by atoms with Gasteiger partial charge in [-0.25, -0.2) is 0 Å². The minimum atomic E-state index is -0.390. The van der Waals surface area contributed by atoms with E-state index in [2.05, 4.69) is 340 Å². The van der Waals surface area contributed by atoms with E-state index in [1.165, 1.54) is 123 Å². The van der Waals surface area contributed by atoms with Gasteiger partial charge in [-0.1, -0.05) is 229 Å². The Morgan fingerprint density at radius 3 is 1.04 bits per heavy atom. The average molecular weight is 1260 g/mol. The van der Waals surface area contributed by atoms with Crippen LogP contribution in [0.2, 0.25) is 10.0 Å². The molecule has 4 aliphatic heterocycles. The number of nitrogens with zero attached hydrogens (tertiary/aromatic N) is 4. The maximum Gasteiger partial charge on any atom is 0.210 e. The van der Waals surface area contributed by atoms with Crippen molar-refractivity contribution in [1.29, 1.82) is 0 Å². The summed E-state index contributed by atoms with van der Waals surface area (Å²) in [7, 11) is 4.45. The summed E-state index contributed by atoms with van der Waals surface area (Å²) >= 11 is 13.9. The van der Waals surface area contributed by atoms with Crippen LogP contribution in [0.1, 0.15) is 83.3 Å². The lowest BCUT2D eigenvalue weighted by Gasteiger charge is -2.33. The molecule has 0 aliphatic carbocycles. The fourth-order valence-corrected chi connectivity index (χ4v) is 17.1. The number of hydrogen-bond donors (Lipinski definition) is 0. The zero-order valence-electron chi connectivity index (χ0n) is 54.5. The van der Waals surface area contributed by atoms with Gasteiger partial charge in [-0.3, -0.25) is 0 Å². The molecule has 0 spiro atoms. The predicted molar refractivity (Wildman–Crippen MR) is 396 cm³/mol. The second kappa shape index (κ2) is 24.4. The topological polar surface area (TPSA) is 12.5 Å². The third-order valence-electron chi connectivity index (χ3n) is 21.0. The van der Waals surface area contributed by atoms with Crippen LogP contribution >= 0.6 is 23.2 Å². The molecular formula is C88H78Cl2N4+2. The first-order chi connectivity index (χ1) is 45.7. The molecule has 0 atom stereocenters. The molecule has 6 heteroatoms.